The number of rotatable bonds is 10. The number of aromatic hydroxyl groups is 1. The van der Waals surface area contributed by atoms with Crippen molar-refractivity contribution in [2.24, 2.45) is 0 Å². The van der Waals surface area contributed by atoms with Gasteiger partial charge in [-0.2, -0.15) is 0 Å². The number of aromatic nitrogens is 2. The standard InChI is InChI=1S/C34H32N4O7S4/c1-3-35-30(42)27(48-32(35)28-31(43)36(4-2)34(46)49-28)33-37(16-44-17-39)29(41)26(47-33)15-19-8-13-25-23(14-19)22-6-5-7-24(22)38(25)20-9-11-21(12-10-20)45-18-40/h8-15,17-18,22,24,32,43H,3-7,16H2,1-2H3. The van der Waals surface area contributed by atoms with Gasteiger partial charge in [0, 0.05) is 36.4 Å². The van der Waals surface area contributed by atoms with Gasteiger partial charge in [-0.25, -0.2) is 0 Å². The molecule has 7 rings (SSSR count). The first-order valence-corrected chi connectivity index (χ1v) is 18.8. The normalized spacial score (nSPS) is 21.3. The zero-order valence-electron chi connectivity index (χ0n) is 26.6. The van der Waals surface area contributed by atoms with Crippen molar-refractivity contribution in [2.75, 3.05) is 11.4 Å². The van der Waals surface area contributed by atoms with E-state index in [1.54, 1.807) is 21.6 Å². The molecular formula is C34H32N4O7S4. The summed E-state index contributed by atoms with van der Waals surface area (Å²) in [6.45, 7) is 4.97. The summed E-state index contributed by atoms with van der Waals surface area (Å²) in [5, 5.41) is 10.4. The average molecular weight is 737 g/mol. The van der Waals surface area contributed by atoms with Crippen molar-refractivity contribution < 1.29 is 29.0 Å². The maximum absolute atomic E-state index is 13.8. The first kappa shape index (κ1) is 33.3. The van der Waals surface area contributed by atoms with Gasteiger partial charge in [0.1, 0.15) is 25.6 Å². The summed E-state index contributed by atoms with van der Waals surface area (Å²) < 4.78 is 14.3. The lowest BCUT2D eigenvalue weighted by Gasteiger charge is -2.27. The number of carbonyl (C=O) groups is 3. The van der Waals surface area contributed by atoms with Gasteiger partial charge in [0.15, 0.2) is 10.7 Å². The lowest BCUT2D eigenvalue weighted by atomic mass is 9.96. The number of nitrogens with zero attached hydrogens (tertiary/aromatic N) is 4. The van der Waals surface area contributed by atoms with Gasteiger partial charge in [0.05, 0.1) is 4.53 Å². The fourth-order valence-corrected chi connectivity index (χ4v) is 11.3. The third-order valence-corrected chi connectivity index (χ3v) is 13.5. The molecule has 3 atom stereocenters. The number of hydrogen-bond donors (Lipinski definition) is 1. The number of carbonyl (C=O) groups excluding carboxylic acids is 3. The zero-order valence-corrected chi connectivity index (χ0v) is 29.8. The maximum Gasteiger partial charge on any atom is 0.298 e. The largest absolute Gasteiger partial charge is 0.494 e. The van der Waals surface area contributed by atoms with E-state index in [9.17, 15) is 24.3 Å². The highest BCUT2D eigenvalue weighted by atomic mass is 32.2. The van der Waals surface area contributed by atoms with Crippen LogP contribution in [0.25, 0.3) is 11.0 Å². The highest BCUT2D eigenvalue weighted by Crippen LogP contribution is 2.53. The highest BCUT2D eigenvalue weighted by molar-refractivity contribution is 8.10. The second kappa shape index (κ2) is 13.6. The second-order valence-electron chi connectivity index (χ2n) is 11.7. The van der Waals surface area contributed by atoms with Crippen LogP contribution in [0.5, 0.6) is 11.6 Å². The van der Waals surface area contributed by atoms with E-state index < -0.39 is 5.37 Å². The molecule has 15 heteroatoms. The van der Waals surface area contributed by atoms with E-state index in [0.29, 0.717) is 60.2 Å². The quantitative estimate of drug-likeness (QED) is 0.178. The number of ether oxygens (including phenoxy) is 2. The van der Waals surface area contributed by atoms with Crippen LogP contribution in [0, 0.1) is 3.95 Å². The Labute approximate surface area is 298 Å². The Hall–Kier alpha value is -4.18. The number of benzene rings is 2. The van der Waals surface area contributed by atoms with E-state index in [1.807, 2.05) is 38.1 Å². The maximum atomic E-state index is 13.8. The highest BCUT2D eigenvalue weighted by Gasteiger charge is 2.43. The van der Waals surface area contributed by atoms with Crippen molar-refractivity contribution >= 4 is 87.9 Å². The lowest BCUT2D eigenvalue weighted by Crippen LogP contribution is -2.34. The molecule has 2 aliphatic heterocycles. The van der Waals surface area contributed by atoms with Crippen molar-refractivity contribution in [2.45, 2.75) is 63.7 Å². The minimum atomic E-state index is -0.523. The minimum Gasteiger partial charge on any atom is -0.494 e. The predicted molar refractivity (Wildman–Crippen MR) is 192 cm³/mol. The molecule has 2 fully saturated rings. The van der Waals surface area contributed by atoms with Crippen LogP contribution in [-0.2, 0) is 32.4 Å². The van der Waals surface area contributed by atoms with Gasteiger partial charge in [-0.05, 0) is 92.5 Å². The number of thiazole rings is 2. The smallest absolute Gasteiger partial charge is 0.298 e. The molecule has 2 aromatic heterocycles. The fourth-order valence-electron chi connectivity index (χ4n) is 7.07. The third kappa shape index (κ3) is 5.71. The van der Waals surface area contributed by atoms with Gasteiger partial charge in [0.2, 0.25) is 5.88 Å². The number of hydrogen-bond acceptors (Lipinski definition) is 12. The van der Waals surface area contributed by atoms with Crippen molar-refractivity contribution in [3.8, 4) is 11.6 Å². The van der Waals surface area contributed by atoms with Crippen molar-refractivity contribution in [1.82, 2.24) is 14.0 Å². The Morgan fingerprint density at radius 3 is 2.49 bits per heavy atom. The van der Waals surface area contributed by atoms with E-state index in [4.69, 9.17) is 21.7 Å². The van der Waals surface area contributed by atoms with Gasteiger partial charge in [-0.15, -0.1) is 22.7 Å². The first-order chi connectivity index (χ1) is 23.8. The molecule has 4 heterocycles. The Kier molecular flexibility index (Phi) is 9.26. The van der Waals surface area contributed by atoms with Gasteiger partial charge in [0.25, 0.3) is 24.4 Å². The summed E-state index contributed by atoms with van der Waals surface area (Å²) in [4.78, 5) is 54.6. The van der Waals surface area contributed by atoms with Crippen molar-refractivity contribution in [1.29, 1.82) is 0 Å². The second-order valence-corrected chi connectivity index (χ2v) is 15.5. The molecular weight excluding hydrogens is 705 g/mol. The van der Waals surface area contributed by atoms with Gasteiger partial charge in [-0.3, -0.25) is 28.3 Å². The predicted octanol–water partition coefficient (Wildman–Crippen LogP) is 4.91. The van der Waals surface area contributed by atoms with Crippen LogP contribution in [-0.4, -0.2) is 50.6 Å². The summed E-state index contributed by atoms with van der Waals surface area (Å²) in [5.74, 6) is 0.580. The Balaban J connectivity index is 1.31. The minimum absolute atomic E-state index is 0.0352. The molecule has 254 valence electrons. The Morgan fingerprint density at radius 1 is 1.00 bits per heavy atom. The number of fused-ring (bicyclic) bond motifs is 3. The zero-order chi connectivity index (χ0) is 34.4. The van der Waals surface area contributed by atoms with Crippen LogP contribution in [0.3, 0.4) is 0 Å². The average Bonchev–Trinajstić information content (AvgIpc) is 3.89. The molecule has 1 aliphatic carbocycles. The molecule has 4 aromatic rings. The SMILES string of the molecule is CCN1C(=O)C(=c2sc(=Cc3ccc4c(c3)C3CCCC3N4c3ccc(OC=O)cc3)c(=O)n2COC=O)SC1c1sc(=S)n(CC)c1O. The Bertz CT molecular complexity index is 2200. The van der Waals surface area contributed by atoms with Crippen LogP contribution < -0.4 is 24.4 Å². The van der Waals surface area contributed by atoms with Crippen LogP contribution in [0.1, 0.15) is 60.4 Å². The molecule has 1 amide bonds. The molecule has 3 aliphatic rings. The topological polar surface area (TPSA) is 123 Å². The van der Waals surface area contributed by atoms with E-state index in [-0.39, 0.29) is 30.5 Å². The monoisotopic (exact) mass is 736 g/mol. The van der Waals surface area contributed by atoms with E-state index >= 15 is 0 Å². The molecule has 0 radical (unpaired) electrons. The summed E-state index contributed by atoms with van der Waals surface area (Å²) >= 11 is 9.15. The van der Waals surface area contributed by atoms with Gasteiger partial charge < -0.3 is 24.4 Å². The van der Waals surface area contributed by atoms with Crippen LogP contribution >= 0.6 is 46.7 Å². The molecule has 3 unspecified atom stereocenters. The summed E-state index contributed by atoms with van der Waals surface area (Å²) in [6.07, 6.45) is 5.04. The molecule has 0 spiro atoms. The summed E-state index contributed by atoms with van der Waals surface area (Å²) in [7, 11) is 0. The van der Waals surface area contributed by atoms with Crippen LogP contribution in [0.15, 0.2) is 47.3 Å². The van der Waals surface area contributed by atoms with Gasteiger partial charge in [-0.1, -0.05) is 24.2 Å². The molecule has 0 bridgehead atoms. The fraction of sp³-hybridized carbons (Fsp3) is 0.324. The molecule has 1 saturated carbocycles. The van der Waals surface area contributed by atoms with Crippen molar-refractivity contribution in [3.05, 3.63) is 82.0 Å². The molecule has 49 heavy (non-hydrogen) atoms. The van der Waals surface area contributed by atoms with Crippen LogP contribution in [0.2, 0.25) is 0 Å². The molecule has 2 aromatic carbocycles. The lowest BCUT2D eigenvalue weighted by molar-refractivity contribution is -0.132. The molecule has 1 saturated heterocycles. The van der Waals surface area contributed by atoms with Gasteiger partial charge >= 0.3 is 0 Å². The van der Waals surface area contributed by atoms with Crippen LogP contribution in [0.4, 0.5) is 11.4 Å². The number of anilines is 2. The Morgan fingerprint density at radius 2 is 1.80 bits per heavy atom. The molecule has 11 nitrogen and oxygen atoms in total. The number of amides is 1. The molecule has 1 N–H and O–H groups in total. The van der Waals surface area contributed by atoms with Crippen molar-refractivity contribution in [3.63, 3.8) is 0 Å². The van der Waals surface area contributed by atoms with E-state index in [2.05, 4.69) is 17.0 Å². The number of thioether (sulfide) groups is 1. The van der Waals surface area contributed by atoms with E-state index in [1.165, 1.54) is 44.6 Å². The van der Waals surface area contributed by atoms with E-state index in [0.717, 1.165) is 36.2 Å². The summed E-state index contributed by atoms with van der Waals surface area (Å²) in [6, 6.07) is 14.0. The third-order valence-electron chi connectivity index (χ3n) is 9.23. The first-order valence-electron chi connectivity index (χ1n) is 15.8. The summed E-state index contributed by atoms with van der Waals surface area (Å²) in [5.41, 5.74) is 3.82.